The van der Waals surface area contributed by atoms with E-state index in [4.69, 9.17) is 0 Å². The predicted molar refractivity (Wildman–Crippen MR) is 82.6 cm³/mol. The van der Waals surface area contributed by atoms with Crippen LogP contribution >= 0.6 is 11.3 Å². The Balaban J connectivity index is 1.81. The number of nitrogens with zero attached hydrogens (tertiary/aromatic N) is 1. The lowest BCUT2D eigenvalue weighted by Crippen LogP contribution is -2.37. The van der Waals surface area contributed by atoms with E-state index < -0.39 is 11.6 Å². The number of rotatable bonds is 5. The van der Waals surface area contributed by atoms with Crippen LogP contribution in [-0.2, 0) is 13.0 Å². The molecule has 0 bridgehead atoms. The highest BCUT2D eigenvalue weighted by molar-refractivity contribution is 7.09. The number of halogens is 2. The fraction of sp³-hybridized carbons (Fsp3) is 0.267. The first-order valence-electron chi connectivity index (χ1n) is 6.60. The van der Waals surface area contributed by atoms with Crippen molar-refractivity contribution < 1.29 is 8.78 Å². The average Bonchev–Trinajstić information content (AvgIpc) is 2.98. The first-order valence-corrected chi connectivity index (χ1v) is 7.48. The fourth-order valence-electron chi connectivity index (χ4n) is 1.88. The molecule has 0 radical (unpaired) electrons. The molecular weight excluding hydrogens is 292 g/mol. The van der Waals surface area contributed by atoms with Gasteiger partial charge in [-0.25, -0.2) is 8.78 Å². The van der Waals surface area contributed by atoms with Crippen molar-refractivity contribution >= 4 is 17.3 Å². The van der Waals surface area contributed by atoms with E-state index >= 15 is 0 Å². The lowest BCUT2D eigenvalue weighted by atomic mass is 10.1. The van der Waals surface area contributed by atoms with E-state index in [1.54, 1.807) is 18.4 Å². The Hall–Kier alpha value is -1.95. The third-order valence-corrected chi connectivity index (χ3v) is 3.84. The van der Waals surface area contributed by atoms with Gasteiger partial charge < -0.3 is 10.6 Å². The van der Waals surface area contributed by atoms with Gasteiger partial charge in [0.05, 0.1) is 6.54 Å². The Morgan fingerprint density at radius 3 is 2.52 bits per heavy atom. The van der Waals surface area contributed by atoms with Gasteiger partial charge in [-0.05, 0) is 30.0 Å². The topological polar surface area (TPSA) is 36.4 Å². The zero-order valence-corrected chi connectivity index (χ0v) is 12.5. The summed E-state index contributed by atoms with van der Waals surface area (Å²) in [4.78, 5) is 5.27. The van der Waals surface area contributed by atoms with Crippen LogP contribution in [0, 0.1) is 11.6 Å². The zero-order valence-electron chi connectivity index (χ0n) is 11.7. The lowest BCUT2D eigenvalue weighted by Gasteiger charge is -2.11. The highest BCUT2D eigenvalue weighted by Gasteiger charge is 2.08. The van der Waals surface area contributed by atoms with Crippen molar-refractivity contribution in [3.63, 3.8) is 0 Å². The van der Waals surface area contributed by atoms with Crippen molar-refractivity contribution in [2.75, 3.05) is 13.6 Å². The molecule has 2 aromatic rings. The van der Waals surface area contributed by atoms with E-state index in [1.807, 2.05) is 17.5 Å². The molecule has 0 aliphatic rings. The van der Waals surface area contributed by atoms with Crippen LogP contribution in [0.3, 0.4) is 0 Å². The minimum atomic E-state index is -0.515. The summed E-state index contributed by atoms with van der Waals surface area (Å²) < 4.78 is 27.0. The summed E-state index contributed by atoms with van der Waals surface area (Å²) in [5, 5.41) is 8.20. The molecule has 2 N–H and O–H groups in total. The average molecular weight is 309 g/mol. The quantitative estimate of drug-likeness (QED) is 0.658. The van der Waals surface area contributed by atoms with Gasteiger partial charge in [-0.1, -0.05) is 12.1 Å². The molecule has 0 fully saturated rings. The molecule has 2 rings (SSSR count). The number of aliphatic imine (C=N–C) groups is 1. The maximum absolute atomic E-state index is 13.5. The summed E-state index contributed by atoms with van der Waals surface area (Å²) in [6, 6.07) is 7.91. The van der Waals surface area contributed by atoms with Gasteiger partial charge in [0.25, 0.3) is 0 Å². The SMILES string of the molecule is CN=C(NCCc1c(F)cccc1F)NCc1cccs1. The first kappa shape index (κ1) is 15.4. The Bertz CT molecular complexity index is 577. The normalized spacial score (nSPS) is 11.5. The van der Waals surface area contributed by atoms with Gasteiger partial charge >= 0.3 is 0 Å². The molecule has 0 spiro atoms. The first-order chi connectivity index (χ1) is 10.2. The van der Waals surface area contributed by atoms with Gasteiger partial charge in [-0.3, -0.25) is 4.99 Å². The molecule has 3 nitrogen and oxygen atoms in total. The Morgan fingerprint density at radius 2 is 1.90 bits per heavy atom. The number of thiophene rings is 1. The van der Waals surface area contributed by atoms with Gasteiger partial charge in [0.2, 0.25) is 0 Å². The molecule has 6 heteroatoms. The molecular formula is C15H17F2N3S. The van der Waals surface area contributed by atoms with E-state index in [0.29, 0.717) is 19.0 Å². The molecule has 0 aliphatic carbocycles. The summed E-state index contributed by atoms with van der Waals surface area (Å²) in [5.41, 5.74) is 0.0960. The van der Waals surface area contributed by atoms with Crippen LogP contribution < -0.4 is 10.6 Å². The summed E-state index contributed by atoms with van der Waals surface area (Å²) >= 11 is 1.66. The van der Waals surface area contributed by atoms with Crippen LogP contribution in [-0.4, -0.2) is 19.6 Å². The van der Waals surface area contributed by atoms with Crippen LogP contribution in [0.25, 0.3) is 0 Å². The highest BCUT2D eigenvalue weighted by atomic mass is 32.1. The zero-order chi connectivity index (χ0) is 15.1. The third kappa shape index (κ3) is 4.53. The lowest BCUT2D eigenvalue weighted by molar-refractivity contribution is 0.553. The Labute approximate surface area is 126 Å². The van der Waals surface area contributed by atoms with E-state index in [2.05, 4.69) is 15.6 Å². The van der Waals surface area contributed by atoms with Crippen molar-refractivity contribution in [2.24, 2.45) is 4.99 Å². The molecule has 0 atom stereocenters. The van der Waals surface area contributed by atoms with Crippen molar-refractivity contribution in [1.82, 2.24) is 10.6 Å². The standard InChI is InChI=1S/C15H17F2N3S/c1-18-15(20-10-11-4-3-9-21-11)19-8-7-12-13(16)5-2-6-14(12)17/h2-6,9H,7-8,10H2,1H3,(H2,18,19,20). The second kappa shape index (κ2) is 7.73. The second-order valence-corrected chi connectivity index (χ2v) is 5.41. The number of benzene rings is 1. The van der Waals surface area contributed by atoms with Gasteiger partial charge in [-0.15, -0.1) is 11.3 Å². The van der Waals surface area contributed by atoms with Crippen LogP contribution in [0.15, 0.2) is 40.7 Å². The number of guanidine groups is 1. The molecule has 0 saturated heterocycles. The monoisotopic (exact) mass is 309 g/mol. The van der Waals surface area contributed by atoms with Crippen molar-refractivity contribution in [2.45, 2.75) is 13.0 Å². The van der Waals surface area contributed by atoms with Crippen LogP contribution in [0.2, 0.25) is 0 Å². The molecule has 1 aromatic carbocycles. The molecule has 1 heterocycles. The number of nitrogens with one attached hydrogen (secondary N) is 2. The minimum absolute atomic E-state index is 0.0960. The minimum Gasteiger partial charge on any atom is -0.356 e. The van der Waals surface area contributed by atoms with Gasteiger partial charge in [0.15, 0.2) is 5.96 Å². The summed E-state index contributed by atoms with van der Waals surface area (Å²) in [7, 11) is 1.66. The largest absolute Gasteiger partial charge is 0.356 e. The summed E-state index contributed by atoms with van der Waals surface area (Å²) in [5.74, 6) is -0.420. The molecule has 0 aliphatic heterocycles. The van der Waals surface area contributed by atoms with Crippen LogP contribution in [0.1, 0.15) is 10.4 Å². The smallest absolute Gasteiger partial charge is 0.191 e. The molecule has 21 heavy (non-hydrogen) atoms. The van der Waals surface area contributed by atoms with E-state index in [0.717, 1.165) is 0 Å². The van der Waals surface area contributed by atoms with E-state index in [1.165, 1.54) is 23.1 Å². The molecule has 0 unspecified atom stereocenters. The van der Waals surface area contributed by atoms with Crippen molar-refractivity contribution in [3.05, 3.63) is 57.8 Å². The Morgan fingerprint density at radius 1 is 1.14 bits per heavy atom. The highest BCUT2D eigenvalue weighted by Crippen LogP contribution is 2.12. The van der Waals surface area contributed by atoms with Crippen LogP contribution in [0.5, 0.6) is 0 Å². The summed E-state index contributed by atoms with van der Waals surface area (Å²) in [6.07, 6.45) is 0.262. The molecule has 0 saturated carbocycles. The molecule has 0 amide bonds. The third-order valence-electron chi connectivity index (χ3n) is 2.96. The maximum atomic E-state index is 13.5. The fourth-order valence-corrected chi connectivity index (χ4v) is 2.53. The van der Waals surface area contributed by atoms with E-state index in [9.17, 15) is 8.78 Å². The van der Waals surface area contributed by atoms with Gasteiger partial charge in [-0.2, -0.15) is 0 Å². The van der Waals surface area contributed by atoms with Crippen molar-refractivity contribution in [3.8, 4) is 0 Å². The predicted octanol–water partition coefficient (Wildman–Crippen LogP) is 2.93. The number of hydrogen-bond acceptors (Lipinski definition) is 2. The molecule has 1 aromatic heterocycles. The molecule has 112 valence electrons. The van der Waals surface area contributed by atoms with Crippen LogP contribution in [0.4, 0.5) is 8.78 Å². The Kier molecular flexibility index (Phi) is 5.68. The summed E-state index contributed by atoms with van der Waals surface area (Å²) in [6.45, 7) is 1.08. The van der Waals surface area contributed by atoms with Crippen molar-refractivity contribution in [1.29, 1.82) is 0 Å². The second-order valence-electron chi connectivity index (χ2n) is 4.38. The van der Waals surface area contributed by atoms with Gasteiger partial charge in [0.1, 0.15) is 11.6 Å². The van der Waals surface area contributed by atoms with E-state index in [-0.39, 0.29) is 12.0 Å². The van der Waals surface area contributed by atoms with Gasteiger partial charge in [0, 0.05) is 24.0 Å². The number of hydrogen-bond donors (Lipinski definition) is 2. The maximum Gasteiger partial charge on any atom is 0.191 e.